The van der Waals surface area contributed by atoms with Crippen LogP contribution in [-0.2, 0) is 9.59 Å². The molecule has 1 saturated carbocycles. The van der Waals surface area contributed by atoms with Gasteiger partial charge in [-0.3, -0.25) is 9.59 Å². The van der Waals surface area contributed by atoms with Gasteiger partial charge in [-0.1, -0.05) is 30.4 Å². The Balaban J connectivity index is 1.88. The molecule has 2 N–H and O–H groups in total. The van der Waals surface area contributed by atoms with Gasteiger partial charge in [0.05, 0.1) is 6.04 Å². The van der Waals surface area contributed by atoms with Crippen molar-refractivity contribution in [2.45, 2.75) is 32.7 Å². The number of amides is 2. The highest BCUT2D eigenvalue weighted by Crippen LogP contribution is 2.30. The van der Waals surface area contributed by atoms with E-state index in [2.05, 4.69) is 10.6 Å². The average Bonchev–Trinajstić information content (AvgIpc) is 3.33. The van der Waals surface area contributed by atoms with E-state index in [-0.39, 0.29) is 23.8 Å². The molecule has 2 amide bonds. The van der Waals surface area contributed by atoms with Crippen LogP contribution in [0.1, 0.15) is 38.3 Å². The number of carbonyl (C=O) groups excluding carboxylic acids is 2. The number of hydrogen-bond acceptors (Lipinski definition) is 2. The minimum Gasteiger partial charge on any atom is -0.346 e. The molecule has 0 bridgehead atoms. The second-order valence-electron chi connectivity index (χ2n) is 5.50. The topological polar surface area (TPSA) is 58.2 Å². The minimum absolute atomic E-state index is 0.0871. The molecule has 2 rings (SSSR count). The molecule has 1 fully saturated rings. The SMILES string of the molecule is CC=CC=CC(=O)NC(C)c1ccc(NC(=O)C2CC2)cc1. The van der Waals surface area contributed by atoms with E-state index in [1.54, 1.807) is 6.08 Å². The summed E-state index contributed by atoms with van der Waals surface area (Å²) in [6.07, 6.45) is 8.87. The van der Waals surface area contributed by atoms with E-state index in [4.69, 9.17) is 0 Å². The van der Waals surface area contributed by atoms with Crippen molar-refractivity contribution in [2.24, 2.45) is 5.92 Å². The second-order valence-corrected chi connectivity index (χ2v) is 5.50. The highest BCUT2D eigenvalue weighted by atomic mass is 16.2. The molecule has 1 aliphatic rings. The molecule has 0 spiro atoms. The summed E-state index contributed by atoms with van der Waals surface area (Å²) in [6, 6.07) is 7.49. The summed E-state index contributed by atoms with van der Waals surface area (Å²) >= 11 is 0. The van der Waals surface area contributed by atoms with Crippen LogP contribution in [0, 0.1) is 5.92 Å². The summed E-state index contributed by atoms with van der Waals surface area (Å²) in [5.74, 6) is 0.168. The summed E-state index contributed by atoms with van der Waals surface area (Å²) in [4.78, 5) is 23.4. The molecule has 0 aromatic heterocycles. The first-order valence-corrected chi connectivity index (χ1v) is 7.61. The van der Waals surface area contributed by atoms with Gasteiger partial charge >= 0.3 is 0 Å². The number of rotatable bonds is 6. The summed E-state index contributed by atoms with van der Waals surface area (Å²) < 4.78 is 0. The zero-order chi connectivity index (χ0) is 15.9. The van der Waals surface area contributed by atoms with Crippen molar-refractivity contribution < 1.29 is 9.59 Å². The molecule has 0 radical (unpaired) electrons. The van der Waals surface area contributed by atoms with Crippen molar-refractivity contribution in [3.05, 3.63) is 54.1 Å². The summed E-state index contributed by atoms with van der Waals surface area (Å²) in [5.41, 5.74) is 1.80. The van der Waals surface area contributed by atoms with Gasteiger partial charge in [-0.25, -0.2) is 0 Å². The molecular weight excluding hydrogens is 276 g/mol. The van der Waals surface area contributed by atoms with Gasteiger partial charge in [0.15, 0.2) is 0 Å². The van der Waals surface area contributed by atoms with E-state index in [0.717, 1.165) is 24.1 Å². The summed E-state index contributed by atoms with van der Waals surface area (Å²) in [7, 11) is 0. The lowest BCUT2D eigenvalue weighted by molar-refractivity contribution is -0.118. The van der Waals surface area contributed by atoms with Gasteiger partial charge in [-0.2, -0.15) is 0 Å². The third kappa shape index (κ3) is 4.88. The largest absolute Gasteiger partial charge is 0.346 e. The number of carbonyl (C=O) groups is 2. The first-order valence-electron chi connectivity index (χ1n) is 7.61. The van der Waals surface area contributed by atoms with Crippen LogP contribution in [0.25, 0.3) is 0 Å². The molecule has 1 aromatic rings. The maximum Gasteiger partial charge on any atom is 0.244 e. The lowest BCUT2D eigenvalue weighted by atomic mass is 10.1. The molecule has 1 aromatic carbocycles. The van der Waals surface area contributed by atoms with Crippen LogP contribution in [0.2, 0.25) is 0 Å². The highest BCUT2D eigenvalue weighted by Gasteiger charge is 2.29. The van der Waals surface area contributed by atoms with Gasteiger partial charge in [0.1, 0.15) is 0 Å². The number of hydrogen-bond donors (Lipinski definition) is 2. The first-order chi connectivity index (χ1) is 10.6. The number of benzene rings is 1. The number of nitrogens with one attached hydrogen (secondary N) is 2. The van der Waals surface area contributed by atoms with Crippen LogP contribution in [0.15, 0.2) is 48.6 Å². The van der Waals surface area contributed by atoms with Crippen LogP contribution in [0.5, 0.6) is 0 Å². The van der Waals surface area contributed by atoms with Gasteiger partial charge < -0.3 is 10.6 Å². The van der Waals surface area contributed by atoms with E-state index in [0.29, 0.717) is 0 Å². The van der Waals surface area contributed by atoms with Gasteiger partial charge in [-0.15, -0.1) is 0 Å². The van der Waals surface area contributed by atoms with Crippen LogP contribution >= 0.6 is 0 Å². The standard InChI is InChI=1S/C18H22N2O2/c1-3-4-5-6-17(21)19-13(2)14-9-11-16(12-10-14)20-18(22)15-7-8-15/h3-6,9-13,15H,7-8H2,1-2H3,(H,19,21)(H,20,22). The molecule has 0 aliphatic heterocycles. The average molecular weight is 298 g/mol. The Bertz CT molecular complexity index is 584. The van der Waals surface area contributed by atoms with Crippen molar-refractivity contribution >= 4 is 17.5 Å². The normalized spacial score (nSPS) is 15.9. The summed E-state index contributed by atoms with van der Waals surface area (Å²) in [6.45, 7) is 3.83. The predicted molar refractivity (Wildman–Crippen MR) is 88.3 cm³/mol. The fourth-order valence-corrected chi connectivity index (χ4v) is 2.04. The molecule has 0 heterocycles. The Kier molecular flexibility index (Phi) is 5.53. The van der Waals surface area contributed by atoms with E-state index < -0.39 is 0 Å². The molecule has 1 atom stereocenters. The highest BCUT2D eigenvalue weighted by molar-refractivity contribution is 5.94. The fourth-order valence-electron chi connectivity index (χ4n) is 2.04. The van der Waals surface area contributed by atoms with E-state index in [1.807, 2.05) is 50.3 Å². The second kappa shape index (κ2) is 7.59. The third-order valence-electron chi connectivity index (χ3n) is 3.54. The van der Waals surface area contributed by atoms with Crippen molar-refractivity contribution in [3.8, 4) is 0 Å². The van der Waals surface area contributed by atoms with Crippen molar-refractivity contribution in [3.63, 3.8) is 0 Å². The van der Waals surface area contributed by atoms with Gasteiger partial charge in [-0.05, 0) is 44.4 Å². The molecular formula is C18H22N2O2. The summed E-state index contributed by atoms with van der Waals surface area (Å²) in [5, 5.41) is 5.80. The molecule has 22 heavy (non-hydrogen) atoms. The lowest BCUT2D eigenvalue weighted by Crippen LogP contribution is -2.24. The monoisotopic (exact) mass is 298 g/mol. The van der Waals surface area contributed by atoms with Gasteiger partial charge in [0, 0.05) is 17.7 Å². The number of anilines is 1. The zero-order valence-electron chi connectivity index (χ0n) is 13.0. The maximum atomic E-state index is 11.7. The Morgan fingerprint density at radius 2 is 1.86 bits per heavy atom. The van der Waals surface area contributed by atoms with Crippen molar-refractivity contribution in [2.75, 3.05) is 5.32 Å². The van der Waals surface area contributed by atoms with E-state index in [1.165, 1.54) is 6.08 Å². The van der Waals surface area contributed by atoms with Gasteiger partial charge in [0.2, 0.25) is 11.8 Å². The van der Waals surface area contributed by atoms with Crippen LogP contribution in [-0.4, -0.2) is 11.8 Å². The first kappa shape index (κ1) is 16.0. The van der Waals surface area contributed by atoms with E-state index in [9.17, 15) is 9.59 Å². The Hall–Kier alpha value is -2.36. The zero-order valence-corrected chi connectivity index (χ0v) is 13.0. The van der Waals surface area contributed by atoms with Crippen LogP contribution < -0.4 is 10.6 Å². The maximum absolute atomic E-state index is 11.7. The molecule has 116 valence electrons. The van der Waals surface area contributed by atoms with E-state index >= 15 is 0 Å². The van der Waals surface area contributed by atoms with Crippen LogP contribution in [0.4, 0.5) is 5.69 Å². The fraction of sp³-hybridized carbons (Fsp3) is 0.333. The molecule has 0 saturated heterocycles. The quantitative estimate of drug-likeness (QED) is 0.625. The third-order valence-corrected chi connectivity index (χ3v) is 3.54. The smallest absolute Gasteiger partial charge is 0.244 e. The van der Waals surface area contributed by atoms with Crippen LogP contribution in [0.3, 0.4) is 0 Å². The van der Waals surface area contributed by atoms with Crippen molar-refractivity contribution in [1.29, 1.82) is 0 Å². The van der Waals surface area contributed by atoms with Crippen molar-refractivity contribution in [1.82, 2.24) is 5.32 Å². The molecule has 4 heteroatoms. The predicted octanol–water partition coefficient (Wildman–Crippen LogP) is 3.34. The van der Waals surface area contributed by atoms with Gasteiger partial charge in [0.25, 0.3) is 0 Å². The molecule has 4 nitrogen and oxygen atoms in total. The Labute approximate surface area is 131 Å². The lowest BCUT2D eigenvalue weighted by Gasteiger charge is -2.13. The Morgan fingerprint density at radius 1 is 1.18 bits per heavy atom. The number of allylic oxidation sites excluding steroid dienone is 3. The Morgan fingerprint density at radius 3 is 2.45 bits per heavy atom. The minimum atomic E-state index is -0.128. The molecule has 1 aliphatic carbocycles. The molecule has 1 unspecified atom stereocenters.